The number of ether oxygens (including phenoxy) is 1. The quantitative estimate of drug-likeness (QED) is 0.637. The third-order valence-electron chi connectivity index (χ3n) is 2.76. The highest BCUT2D eigenvalue weighted by atomic mass is 32.2. The van der Waals surface area contributed by atoms with Crippen LogP contribution in [0.25, 0.3) is 0 Å². The molecule has 22 heavy (non-hydrogen) atoms. The van der Waals surface area contributed by atoms with Gasteiger partial charge in [0, 0.05) is 24.2 Å². The maximum Gasteiger partial charge on any atom is 0.416 e. The molecule has 0 aliphatic heterocycles. The van der Waals surface area contributed by atoms with Gasteiger partial charge in [-0.3, -0.25) is 4.79 Å². The fraction of sp³-hybridized carbons (Fsp3) is 0.429. The fourth-order valence-corrected chi connectivity index (χ4v) is 2.32. The summed E-state index contributed by atoms with van der Waals surface area (Å²) in [6.45, 7) is 1.49. The van der Waals surface area contributed by atoms with Gasteiger partial charge in [0.05, 0.1) is 17.3 Å². The van der Waals surface area contributed by atoms with Gasteiger partial charge in [0.2, 0.25) is 0 Å². The molecule has 0 aliphatic carbocycles. The molecule has 0 bridgehead atoms. The van der Waals surface area contributed by atoms with E-state index in [0.29, 0.717) is 10.6 Å². The SMILES string of the molecule is CO[C@@H](C)C(=O)Nc1cc(C(F)(F)F)ccc1SCCC#N. The molecule has 120 valence electrons. The van der Waals surface area contributed by atoms with Gasteiger partial charge >= 0.3 is 6.18 Å². The normalized spacial score (nSPS) is 12.5. The first kappa shape index (κ1) is 18.3. The van der Waals surface area contributed by atoms with E-state index in [1.165, 1.54) is 31.9 Å². The minimum atomic E-state index is -4.50. The van der Waals surface area contributed by atoms with Crippen LogP contribution in [0.5, 0.6) is 0 Å². The highest BCUT2D eigenvalue weighted by Gasteiger charge is 2.31. The number of hydrogen-bond acceptors (Lipinski definition) is 4. The Hall–Kier alpha value is -1.72. The second-order valence-electron chi connectivity index (χ2n) is 4.33. The molecular formula is C14H15F3N2O2S. The number of amides is 1. The van der Waals surface area contributed by atoms with Gasteiger partial charge in [0.25, 0.3) is 5.91 Å². The van der Waals surface area contributed by atoms with Gasteiger partial charge in [-0.1, -0.05) is 0 Å². The van der Waals surface area contributed by atoms with E-state index in [1.54, 1.807) is 0 Å². The summed E-state index contributed by atoms with van der Waals surface area (Å²) in [6.07, 6.45) is -5.03. The lowest BCUT2D eigenvalue weighted by Gasteiger charge is -2.16. The molecular weight excluding hydrogens is 317 g/mol. The van der Waals surface area contributed by atoms with Crippen LogP contribution in [0.1, 0.15) is 18.9 Å². The number of carbonyl (C=O) groups is 1. The van der Waals surface area contributed by atoms with Gasteiger partial charge in [-0.15, -0.1) is 11.8 Å². The number of rotatable bonds is 6. The van der Waals surface area contributed by atoms with Crippen molar-refractivity contribution in [2.75, 3.05) is 18.2 Å². The van der Waals surface area contributed by atoms with Crippen molar-refractivity contribution in [1.29, 1.82) is 5.26 Å². The van der Waals surface area contributed by atoms with E-state index >= 15 is 0 Å². The number of carbonyl (C=O) groups excluding carboxylic acids is 1. The molecule has 8 heteroatoms. The van der Waals surface area contributed by atoms with Crippen LogP contribution < -0.4 is 5.32 Å². The number of alkyl halides is 3. The molecule has 1 N–H and O–H groups in total. The van der Waals surface area contributed by atoms with Crippen LogP contribution >= 0.6 is 11.8 Å². The molecule has 1 rings (SSSR count). The molecule has 1 atom stereocenters. The second kappa shape index (κ2) is 8.06. The summed E-state index contributed by atoms with van der Waals surface area (Å²) in [5.74, 6) is -0.117. The predicted octanol–water partition coefficient (Wildman–Crippen LogP) is 3.68. The van der Waals surface area contributed by atoms with Crippen molar-refractivity contribution in [3.8, 4) is 6.07 Å². The largest absolute Gasteiger partial charge is 0.416 e. The zero-order valence-corrected chi connectivity index (χ0v) is 12.8. The molecule has 0 heterocycles. The molecule has 0 radical (unpaired) electrons. The minimum Gasteiger partial charge on any atom is -0.372 e. The number of hydrogen-bond donors (Lipinski definition) is 1. The number of nitriles is 1. The maximum atomic E-state index is 12.8. The number of nitrogens with zero attached hydrogens (tertiary/aromatic N) is 1. The van der Waals surface area contributed by atoms with Crippen molar-refractivity contribution in [2.24, 2.45) is 0 Å². The Morgan fingerprint density at radius 3 is 2.73 bits per heavy atom. The Kier molecular flexibility index (Phi) is 6.71. The van der Waals surface area contributed by atoms with E-state index in [9.17, 15) is 18.0 Å². The van der Waals surface area contributed by atoms with Gasteiger partial charge in [-0.05, 0) is 25.1 Å². The van der Waals surface area contributed by atoms with Crippen LogP contribution in [0.4, 0.5) is 18.9 Å². The molecule has 1 amide bonds. The van der Waals surface area contributed by atoms with Crippen molar-refractivity contribution in [3.63, 3.8) is 0 Å². The summed E-state index contributed by atoms with van der Waals surface area (Å²) >= 11 is 1.21. The summed E-state index contributed by atoms with van der Waals surface area (Å²) in [6, 6.07) is 5.08. The van der Waals surface area contributed by atoms with Crippen LogP contribution in [0.15, 0.2) is 23.1 Å². The first-order chi connectivity index (χ1) is 10.3. The number of halogens is 3. The fourth-order valence-electron chi connectivity index (χ4n) is 1.48. The molecule has 0 fully saturated rings. The first-order valence-electron chi connectivity index (χ1n) is 6.34. The average molecular weight is 332 g/mol. The Morgan fingerprint density at radius 2 is 2.18 bits per heavy atom. The van der Waals surface area contributed by atoms with Crippen LogP contribution in [-0.4, -0.2) is 24.9 Å². The van der Waals surface area contributed by atoms with Crippen LogP contribution in [0.2, 0.25) is 0 Å². The van der Waals surface area contributed by atoms with E-state index in [1.807, 2.05) is 6.07 Å². The highest BCUT2D eigenvalue weighted by Crippen LogP contribution is 2.35. The van der Waals surface area contributed by atoms with E-state index in [4.69, 9.17) is 10.00 Å². The number of nitrogens with one attached hydrogen (secondary N) is 1. The van der Waals surface area contributed by atoms with Gasteiger partial charge < -0.3 is 10.1 Å². The number of benzene rings is 1. The standard InChI is InChI=1S/C14H15F3N2O2S/c1-9(21-2)13(20)19-11-8-10(14(15,16)17)4-5-12(11)22-7-3-6-18/h4-5,8-9H,3,7H2,1-2H3,(H,19,20)/t9-/m0/s1. The zero-order chi connectivity index (χ0) is 16.8. The van der Waals surface area contributed by atoms with E-state index in [0.717, 1.165) is 12.1 Å². The molecule has 0 aliphatic rings. The van der Waals surface area contributed by atoms with E-state index in [2.05, 4.69) is 5.32 Å². The number of anilines is 1. The molecule has 1 aromatic rings. The van der Waals surface area contributed by atoms with Gasteiger partial charge in [0.1, 0.15) is 6.10 Å². The van der Waals surface area contributed by atoms with Gasteiger partial charge in [-0.25, -0.2) is 0 Å². The average Bonchev–Trinajstić information content (AvgIpc) is 2.46. The number of methoxy groups -OCH3 is 1. The molecule has 0 aromatic heterocycles. The molecule has 4 nitrogen and oxygen atoms in total. The smallest absolute Gasteiger partial charge is 0.372 e. The first-order valence-corrected chi connectivity index (χ1v) is 7.32. The van der Waals surface area contributed by atoms with E-state index < -0.39 is 23.8 Å². The third kappa shape index (κ3) is 5.24. The van der Waals surface area contributed by atoms with Gasteiger partial charge in [0.15, 0.2) is 0 Å². The molecule has 1 aromatic carbocycles. The lowest BCUT2D eigenvalue weighted by molar-refractivity contribution is -0.137. The Morgan fingerprint density at radius 1 is 1.50 bits per heavy atom. The monoisotopic (exact) mass is 332 g/mol. The van der Waals surface area contributed by atoms with Crippen molar-refractivity contribution in [3.05, 3.63) is 23.8 Å². The second-order valence-corrected chi connectivity index (χ2v) is 5.47. The lowest BCUT2D eigenvalue weighted by atomic mass is 10.2. The lowest BCUT2D eigenvalue weighted by Crippen LogP contribution is -2.27. The van der Waals surface area contributed by atoms with Crippen molar-refractivity contribution in [1.82, 2.24) is 0 Å². The Labute approximate surface area is 130 Å². The van der Waals surface area contributed by atoms with Crippen molar-refractivity contribution in [2.45, 2.75) is 30.5 Å². The summed E-state index contributed by atoms with van der Waals surface area (Å²) < 4.78 is 43.2. The molecule has 0 saturated heterocycles. The number of thioether (sulfide) groups is 1. The zero-order valence-electron chi connectivity index (χ0n) is 12.0. The van der Waals surface area contributed by atoms with Gasteiger partial charge in [-0.2, -0.15) is 18.4 Å². The Balaban J connectivity index is 3.06. The van der Waals surface area contributed by atoms with Crippen molar-refractivity contribution >= 4 is 23.4 Å². The third-order valence-corrected chi connectivity index (χ3v) is 3.83. The molecule has 0 unspecified atom stereocenters. The molecule has 0 spiro atoms. The molecule has 0 saturated carbocycles. The van der Waals surface area contributed by atoms with E-state index in [-0.39, 0.29) is 12.1 Å². The summed E-state index contributed by atoms with van der Waals surface area (Å²) in [5, 5.41) is 10.9. The van der Waals surface area contributed by atoms with Crippen LogP contribution in [0.3, 0.4) is 0 Å². The van der Waals surface area contributed by atoms with Crippen molar-refractivity contribution < 1.29 is 22.7 Å². The van der Waals surface area contributed by atoms with Crippen LogP contribution in [0, 0.1) is 11.3 Å². The highest BCUT2D eigenvalue weighted by molar-refractivity contribution is 7.99. The summed E-state index contributed by atoms with van der Waals surface area (Å²) in [5.41, 5.74) is -0.788. The topological polar surface area (TPSA) is 62.1 Å². The maximum absolute atomic E-state index is 12.8. The minimum absolute atomic E-state index is 0.0617. The predicted molar refractivity (Wildman–Crippen MR) is 77.5 cm³/mol. The summed E-state index contributed by atoms with van der Waals surface area (Å²) in [4.78, 5) is 12.3. The Bertz CT molecular complexity index is 570. The summed E-state index contributed by atoms with van der Waals surface area (Å²) in [7, 11) is 1.33. The van der Waals surface area contributed by atoms with Crippen LogP contribution in [-0.2, 0) is 15.7 Å².